The molecule has 8 atom stereocenters. The minimum Gasteiger partial charge on any atom is -0.389 e. The van der Waals surface area contributed by atoms with Crippen LogP contribution in [0, 0.1) is 28.6 Å². The van der Waals surface area contributed by atoms with Crippen LogP contribution < -0.4 is 0 Å². The molecule has 0 aromatic heterocycles. The lowest BCUT2D eigenvalue weighted by molar-refractivity contribution is -0.225. The van der Waals surface area contributed by atoms with Crippen LogP contribution in [-0.4, -0.2) is 33.5 Å². The highest BCUT2D eigenvalue weighted by atomic mass is 16.6. The number of Topliss-reactive ketones (excluding diaryl/α,β-unsaturated/α-hetero) is 1. The summed E-state index contributed by atoms with van der Waals surface area (Å²) in [7, 11) is 0. The molecule has 1 saturated heterocycles. The Bertz CT molecular complexity index is 634. The van der Waals surface area contributed by atoms with Gasteiger partial charge in [-0.15, -0.1) is 0 Å². The molecule has 5 aliphatic rings. The molecule has 4 aliphatic carbocycles. The maximum Gasteiger partial charge on any atom is 0.155 e. The van der Waals surface area contributed by atoms with Crippen LogP contribution >= 0.6 is 0 Å². The zero-order valence-corrected chi connectivity index (χ0v) is 16.3. The van der Waals surface area contributed by atoms with Crippen molar-refractivity contribution < 1.29 is 19.7 Å². The Morgan fingerprint density at radius 3 is 2.35 bits per heavy atom. The van der Waals surface area contributed by atoms with Gasteiger partial charge < -0.3 is 14.9 Å². The van der Waals surface area contributed by atoms with Crippen molar-refractivity contribution in [1.29, 1.82) is 0 Å². The Labute approximate surface area is 156 Å². The van der Waals surface area contributed by atoms with Crippen LogP contribution in [0.25, 0.3) is 0 Å². The number of hydrogen-bond donors (Lipinski definition) is 2. The molecular weight excluding hydrogens is 328 g/mol. The standard InChI is InChI=1S/C22H34O4/c1-19-8-3-14(23)13-21(19,25)10-4-15-16(19)5-9-20(2)17(15)6-11-22(20)12-7-18(24)26-22/h15-18,24-25H,3-13H2,1-2H3/t15-,16+,17+,18-,19-,20+,21+,22-/m1/s1. The summed E-state index contributed by atoms with van der Waals surface area (Å²) in [5.74, 6) is 2.03. The van der Waals surface area contributed by atoms with Gasteiger partial charge in [-0.2, -0.15) is 0 Å². The van der Waals surface area contributed by atoms with E-state index in [1.165, 1.54) is 6.42 Å². The second-order valence-corrected chi connectivity index (χ2v) is 10.7. The van der Waals surface area contributed by atoms with Gasteiger partial charge in [0.25, 0.3) is 0 Å². The van der Waals surface area contributed by atoms with E-state index in [0.717, 1.165) is 51.4 Å². The Hall–Kier alpha value is -0.450. The topological polar surface area (TPSA) is 66.8 Å². The van der Waals surface area contributed by atoms with Crippen molar-refractivity contribution in [3.05, 3.63) is 0 Å². The molecule has 26 heavy (non-hydrogen) atoms. The predicted octanol–water partition coefficient (Wildman–Crippen LogP) is 3.58. The summed E-state index contributed by atoms with van der Waals surface area (Å²) in [5, 5.41) is 21.5. The van der Waals surface area contributed by atoms with Crippen molar-refractivity contribution in [3.8, 4) is 0 Å². The van der Waals surface area contributed by atoms with Crippen molar-refractivity contribution in [2.45, 2.75) is 102 Å². The molecule has 4 heteroatoms. The van der Waals surface area contributed by atoms with Crippen LogP contribution in [0.3, 0.4) is 0 Å². The second kappa shape index (κ2) is 5.33. The van der Waals surface area contributed by atoms with Gasteiger partial charge in [0, 0.05) is 24.7 Å². The highest BCUT2D eigenvalue weighted by Gasteiger charge is 2.68. The first kappa shape index (κ1) is 17.6. The van der Waals surface area contributed by atoms with E-state index in [0.29, 0.717) is 30.6 Å². The lowest BCUT2D eigenvalue weighted by Crippen LogP contribution is -2.63. The lowest BCUT2D eigenvalue weighted by atomic mass is 9.43. The molecule has 0 unspecified atom stereocenters. The molecule has 146 valence electrons. The Morgan fingerprint density at radius 1 is 0.923 bits per heavy atom. The summed E-state index contributed by atoms with van der Waals surface area (Å²) < 4.78 is 6.19. The number of hydrogen-bond acceptors (Lipinski definition) is 4. The van der Waals surface area contributed by atoms with Gasteiger partial charge in [0.1, 0.15) is 5.78 Å². The monoisotopic (exact) mass is 362 g/mol. The maximum absolute atomic E-state index is 12.1. The molecule has 1 spiro atoms. The molecule has 0 aromatic rings. The zero-order valence-electron chi connectivity index (χ0n) is 16.3. The van der Waals surface area contributed by atoms with Crippen LogP contribution in [-0.2, 0) is 9.53 Å². The summed E-state index contributed by atoms with van der Waals surface area (Å²) in [5.41, 5.74) is -0.869. The number of aliphatic hydroxyl groups excluding tert-OH is 1. The van der Waals surface area contributed by atoms with Crippen molar-refractivity contribution >= 4 is 5.78 Å². The smallest absolute Gasteiger partial charge is 0.155 e. The largest absolute Gasteiger partial charge is 0.389 e. The van der Waals surface area contributed by atoms with Gasteiger partial charge in [0.05, 0.1) is 11.2 Å². The van der Waals surface area contributed by atoms with Crippen molar-refractivity contribution in [1.82, 2.24) is 0 Å². The van der Waals surface area contributed by atoms with E-state index in [-0.39, 0.29) is 22.2 Å². The Kier molecular flexibility index (Phi) is 3.61. The molecule has 0 amide bonds. The highest BCUT2D eigenvalue weighted by Crippen LogP contribution is 2.70. The van der Waals surface area contributed by atoms with E-state index in [9.17, 15) is 15.0 Å². The average molecular weight is 363 g/mol. The van der Waals surface area contributed by atoms with Crippen molar-refractivity contribution in [2.75, 3.05) is 0 Å². The molecule has 5 fully saturated rings. The minimum atomic E-state index is -0.784. The summed E-state index contributed by atoms with van der Waals surface area (Å²) >= 11 is 0. The second-order valence-electron chi connectivity index (χ2n) is 10.7. The number of fused-ring (bicyclic) bond motifs is 6. The molecule has 1 aliphatic heterocycles. The number of ketones is 1. The third kappa shape index (κ3) is 1.99. The van der Waals surface area contributed by atoms with Gasteiger partial charge in [-0.1, -0.05) is 13.8 Å². The van der Waals surface area contributed by atoms with Crippen LogP contribution in [0.2, 0.25) is 0 Å². The molecule has 1 heterocycles. The molecule has 4 saturated carbocycles. The third-order valence-electron chi connectivity index (χ3n) is 10.1. The third-order valence-corrected chi connectivity index (χ3v) is 10.1. The van der Waals surface area contributed by atoms with E-state index in [4.69, 9.17) is 4.74 Å². The van der Waals surface area contributed by atoms with Crippen LogP contribution in [0.15, 0.2) is 0 Å². The number of rotatable bonds is 0. The van der Waals surface area contributed by atoms with E-state index in [1.807, 2.05) is 0 Å². The van der Waals surface area contributed by atoms with E-state index in [1.54, 1.807) is 0 Å². The molecule has 0 radical (unpaired) electrons. The van der Waals surface area contributed by atoms with E-state index >= 15 is 0 Å². The van der Waals surface area contributed by atoms with Gasteiger partial charge in [-0.05, 0) is 74.5 Å². The Balaban J connectivity index is 1.47. The fourth-order valence-electron chi connectivity index (χ4n) is 8.47. The van der Waals surface area contributed by atoms with Crippen LogP contribution in [0.1, 0.15) is 84.5 Å². The van der Waals surface area contributed by atoms with Gasteiger partial charge in [-0.3, -0.25) is 4.79 Å². The number of aliphatic hydroxyl groups is 2. The van der Waals surface area contributed by atoms with Crippen LogP contribution in [0.4, 0.5) is 0 Å². The first-order valence-electron chi connectivity index (χ1n) is 10.8. The number of ether oxygens (including phenoxy) is 1. The SMILES string of the molecule is C[C@]12CC[C@H]3[C@@H](CC[C@]4(O)CC(=O)CC[C@]34C)[C@@H]1CC[C@@]21CC[C@H](O)O1. The zero-order chi connectivity index (χ0) is 18.4. The maximum atomic E-state index is 12.1. The quantitative estimate of drug-likeness (QED) is 0.691. The Morgan fingerprint density at radius 2 is 1.62 bits per heavy atom. The first-order valence-corrected chi connectivity index (χ1v) is 10.8. The summed E-state index contributed by atoms with van der Waals surface area (Å²) in [6, 6.07) is 0. The molecule has 2 N–H and O–H groups in total. The van der Waals surface area contributed by atoms with Gasteiger partial charge in [0.15, 0.2) is 6.29 Å². The van der Waals surface area contributed by atoms with Crippen LogP contribution in [0.5, 0.6) is 0 Å². The van der Waals surface area contributed by atoms with Gasteiger partial charge in [-0.25, -0.2) is 0 Å². The van der Waals surface area contributed by atoms with E-state index in [2.05, 4.69) is 13.8 Å². The molecule has 0 aromatic carbocycles. The predicted molar refractivity (Wildman–Crippen MR) is 97.3 cm³/mol. The van der Waals surface area contributed by atoms with Gasteiger partial charge in [0.2, 0.25) is 0 Å². The van der Waals surface area contributed by atoms with Crippen molar-refractivity contribution in [3.63, 3.8) is 0 Å². The molecule has 5 rings (SSSR count). The number of carbonyl (C=O) groups is 1. The minimum absolute atomic E-state index is 0.114. The summed E-state index contributed by atoms with van der Waals surface area (Å²) in [6.45, 7) is 4.70. The number of carbonyl (C=O) groups excluding carboxylic acids is 1. The normalized spacial score (nSPS) is 59.2. The van der Waals surface area contributed by atoms with E-state index < -0.39 is 11.9 Å². The first-order chi connectivity index (χ1) is 12.2. The fraction of sp³-hybridized carbons (Fsp3) is 0.955. The fourth-order valence-corrected chi connectivity index (χ4v) is 8.47. The van der Waals surface area contributed by atoms with Crippen molar-refractivity contribution in [2.24, 2.45) is 28.6 Å². The average Bonchev–Trinajstić information content (AvgIpc) is 3.10. The van der Waals surface area contributed by atoms with Gasteiger partial charge >= 0.3 is 0 Å². The lowest BCUT2D eigenvalue weighted by Gasteiger charge is -2.63. The summed E-state index contributed by atoms with van der Waals surface area (Å²) in [4.78, 5) is 12.1. The highest BCUT2D eigenvalue weighted by molar-refractivity contribution is 5.80. The summed E-state index contributed by atoms with van der Waals surface area (Å²) in [6.07, 6.45) is 9.40. The molecule has 0 bridgehead atoms. The molecular formula is C22H34O4. The molecule has 4 nitrogen and oxygen atoms in total.